The molecule has 0 heterocycles. The maximum absolute atomic E-state index is 12.6. The van der Waals surface area contributed by atoms with Crippen molar-refractivity contribution in [3.05, 3.63) is 134 Å². The number of hydrogen-bond donors (Lipinski definition) is 0. The number of aryl methyl sites for hydroxylation is 3. The van der Waals surface area contributed by atoms with Crippen molar-refractivity contribution >= 4 is 11.6 Å². The van der Waals surface area contributed by atoms with Crippen molar-refractivity contribution in [3.8, 4) is 5.75 Å². The summed E-state index contributed by atoms with van der Waals surface area (Å²) in [6.45, 7) is 22.8. The Bertz CT molecular complexity index is 1340. The molecule has 246 valence electrons. The minimum atomic E-state index is -0.278. The second-order valence-electron chi connectivity index (χ2n) is 12.5. The Kier molecular flexibility index (Phi) is 17.1. The first-order chi connectivity index (χ1) is 21.0. The number of halogens is 4. The van der Waals surface area contributed by atoms with Crippen molar-refractivity contribution in [3.63, 3.8) is 0 Å². The van der Waals surface area contributed by atoms with Crippen LogP contribution in [0.25, 0.3) is 0 Å². The molecule has 0 aliphatic rings. The maximum atomic E-state index is 12.6. The molecule has 0 fully saturated rings. The third-order valence-electron chi connectivity index (χ3n) is 7.30. The molecular formula is C40H52ClF3O. The lowest BCUT2D eigenvalue weighted by atomic mass is 9.98. The zero-order valence-electron chi connectivity index (χ0n) is 29.2. The number of hydrogen-bond acceptors (Lipinski definition) is 1. The predicted molar refractivity (Wildman–Crippen MR) is 188 cm³/mol. The third kappa shape index (κ3) is 13.7. The molecule has 0 saturated heterocycles. The summed E-state index contributed by atoms with van der Waals surface area (Å²) in [5.74, 6) is 2.27. The van der Waals surface area contributed by atoms with Crippen LogP contribution in [0.1, 0.15) is 118 Å². The van der Waals surface area contributed by atoms with Gasteiger partial charge in [0.1, 0.15) is 23.2 Å². The van der Waals surface area contributed by atoms with Gasteiger partial charge in [-0.25, -0.2) is 13.2 Å². The van der Waals surface area contributed by atoms with E-state index in [0.717, 1.165) is 22.4 Å². The fraction of sp³-hybridized carbons (Fsp3) is 0.400. The van der Waals surface area contributed by atoms with E-state index >= 15 is 0 Å². The molecule has 45 heavy (non-hydrogen) atoms. The van der Waals surface area contributed by atoms with Crippen LogP contribution < -0.4 is 4.74 Å². The van der Waals surface area contributed by atoms with E-state index in [0.29, 0.717) is 28.7 Å². The van der Waals surface area contributed by atoms with Crippen molar-refractivity contribution in [1.82, 2.24) is 0 Å². The van der Waals surface area contributed by atoms with Gasteiger partial charge in [0.15, 0.2) is 0 Å². The standard InChI is InChI=1S/C11H16O.2C10H13F.C9H10ClF/c1-8(2)10-7-9(3)5-6-11(10)12-4;2*1-7(2)10-5-4-9(11)6-8(10)3;1-6(2)8-4-3-7(11)5-9(8)10/h5-8H,1-4H3;2*4-7H,1-3H3;3-6H,1-2H3. The molecule has 0 aliphatic carbocycles. The highest BCUT2D eigenvalue weighted by Gasteiger charge is 2.07. The lowest BCUT2D eigenvalue weighted by molar-refractivity contribution is 0.407. The molecule has 4 aromatic rings. The van der Waals surface area contributed by atoms with E-state index in [2.05, 4.69) is 60.6 Å². The Labute approximate surface area is 275 Å². The summed E-state index contributed by atoms with van der Waals surface area (Å²) >= 11 is 5.78. The van der Waals surface area contributed by atoms with Crippen LogP contribution in [-0.4, -0.2) is 7.11 Å². The summed E-state index contributed by atoms with van der Waals surface area (Å²) in [5, 5.41) is 0.514. The second-order valence-corrected chi connectivity index (χ2v) is 12.9. The van der Waals surface area contributed by atoms with Crippen molar-refractivity contribution in [1.29, 1.82) is 0 Å². The van der Waals surface area contributed by atoms with Crippen LogP contribution in [0, 0.1) is 38.2 Å². The van der Waals surface area contributed by atoms with Crippen LogP contribution in [0.15, 0.2) is 72.8 Å². The van der Waals surface area contributed by atoms with Crippen LogP contribution in [0.5, 0.6) is 5.75 Å². The fourth-order valence-electron chi connectivity index (χ4n) is 4.85. The molecule has 0 N–H and O–H groups in total. The Balaban J connectivity index is 0.000000300. The van der Waals surface area contributed by atoms with Crippen LogP contribution in [-0.2, 0) is 0 Å². The van der Waals surface area contributed by atoms with Crippen molar-refractivity contribution in [2.45, 2.75) is 99.8 Å². The highest BCUT2D eigenvalue weighted by atomic mass is 35.5. The average molecular weight is 641 g/mol. The van der Waals surface area contributed by atoms with Gasteiger partial charge in [-0.1, -0.05) is 103 Å². The molecule has 0 spiro atoms. The number of benzene rings is 4. The zero-order chi connectivity index (χ0) is 34.4. The number of methoxy groups -OCH3 is 1. The van der Waals surface area contributed by atoms with Crippen molar-refractivity contribution in [2.75, 3.05) is 7.11 Å². The summed E-state index contributed by atoms with van der Waals surface area (Å²) in [4.78, 5) is 0. The summed E-state index contributed by atoms with van der Waals surface area (Å²) in [7, 11) is 1.72. The summed E-state index contributed by atoms with van der Waals surface area (Å²) in [5.41, 5.74) is 8.11. The predicted octanol–water partition coefficient (Wildman–Crippen LogP) is 13.2. The Hall–Kier alpha value is -3.24. The molecule has 4 rings (SSSR count). The molecular weight excluding hydrogens is 589 g/mol. The zero-order valence-corrected chi connectivity index (χ0v) is 29.9. The van der Waals surface area contributed by atoms with Crippen molar-refractivity contribution < 1.29 is 17.9 Å². The number of rotatable bonds is 5. The number of ether oxygens (including phenoxy) is 1. The van der Waals surface area contributed by atoms with E-state index in [1.165, 1.54) is 46.5 Å². The van der Waals surface area contributed by atoms with Crippen LogP contribution in [0.2, 0.25) is 5.02 Å². The van der Waals surface area contributed by atoms with Gasteiger partial charge < -0.3 is 4.74 Å². The van der Waals surface area contributed by atoms with Crippen molar-refractivity contribution in [2.24, 2.45) is 0 Å². The summed E-state index contributed by atoms with van der Waals surface area (Å²) in [6, 6.07) is 20.7. The Morgan fingerprint density at radius 1 is 0.489 bits per heavy atom. The van der Waals surface area contributed by atoms with Gasteiger partial charge in [-0.15, -0.1) is 0 Å². The minimum absolute atomic E-state index is 0.146. The van der Waals surface area contributed by atoms with Crippen LogP contribution in [0.4, 0.5) is 13.2 Å². The normalized spacial score (nSPS) is 10.6. The van der Waals surface area contributed by atoms with E-state index in [9.17, 15) is 13.2 Å². The van der Waals surface area contributed by atoms with E-state index in [-0.39, 0.29) is 17.5 Å². The molecule has 0 radical (unpaired) electrons. The SMILES string of the molecule is CC(C)c1ccc(F)cc1Cl.COc1ccc(C)cc1C(C)C.Cc1cc(F)ccc1C(C)C.Cc1cc(F)ccc1C(C)C. The molecule has 0 unspecified atom stereocenters. The topological polar surface area (TPSA) is 9.23 Å². The lowest BCUT2D eigenvalue weighted by Gasteiger charge is -2.11. The Morgan fingerprint density at radius 3 is 1.20 bits per heavy atom. The van der Waals surface area contributed by atoms with E-state index in [1.807, 2.05) is 45.9 Å². The van der Waals surface area contributed by atoms with Gasteiger partial charge in [-0.3, -0.25) is 0 Å². The molecule has 0 aromatic heterocycles. The molecule has 0 aliphatic heterocycles. The van der Waals surface area contributed by atoms with Crippen LogP contribution >= 0.6 is 11.6 Å². The fourth-order valence-corrected chi connectivity index (χ4v) is 5.23. The van der Waals surface area contributed by atoms with Gasteiger partial charge in [0, 0.05) is 5.02 Å². The second kappa shape index (κ2) is 19.3. The first-order valence-corrected chi connectivity index (χ1v) is 16.0. The summed E-state index contributed by atoms with van der Waals surface area (Å²) in [6.07, 6.45) is 0. The van der Waals surface area contributed by atoms with Gasteiger partial charge in [-0.2, -0.15) is 0 Å². The largest absolute Gasteiger partial charge is 0.496 e. The molecule has 0 atom stereocenters. The highest BCUT2D eigenvalue weighted by Crippen LogP contribution is 2.27. The molecule has 1 nitrogen and oxygen atoms in total. The first kappa shape index (κ1) is 39.8. The third-order valence-corrected chi connectivity index (χ3v) is 7.63. The van der Waals surface area contributed by atoms with Gasteiger partial charge in [0.05, 0.1) is 7.11 Å². The van der Waals surface area contributed by atoms with E-state index in [1.54, 1.807) is 25.3 Å². The Morgan fingerprint density at radius 2 is 0.867 bits per heavy atom. The molecule has 4 aromatic carbocycles. The van der Waals surface area contributed by atoms with Crippen LogP contribution in [0.3, 0.4) is 0 Å². The average Bonchev–Trinajstić information content (AvgIpc) is 2.93. The minimum Gasteiger partial charge on any atom is -0.496 e. The quantitative estimate of drug-likeness (QED) is 0.211. The lowest BCUT2D eigenvalue weighted by Crippen LogP contribution is -1.94. The van der Waals surface area contributed by atoms with Gasteiger partial charge in [-0.05, 0) is 120 Å². The molecule has 0 amide bonds. The first-order valence-electron chi connectivity index (χ1n) is 15.6. The van der Waals surface area contributed by atoms with Gasteiger partial charge >= 0.3 is 0 Å². The smallest absolute Gasteiger partial charge is 0.124 e. The van der Waals surface area contributed by atoms with E-state index in [4.69, 9.17) is 16.3 Å². The monoisotopic (exact) mass is 640 g/mol. The van der Waals surface area contributed by atoms with Gasteiger partial charge in [0.25, 0.3) is 0 Å². The maximum Gasteiger partial charge on any atom is 0.124 e. The molecule has 0 bridgehead atoms. The summed E-state index contributed by atoms with van der Waals surface area (Å²) < 4.78 is 43.0. The molecule has 0 saturated carbocycles. The highest BCUT2D eigenvalue weighted by molar-refractivity contribution is 6.31. The van der Waals surface area contributed by atoms with E-state index < -0.39 is 0 Å². The molecule has 5 heteroatoms. The van der Waals surface area contributed by atoms with Gasteiger partial charge in [0.2, 0.25) is 0 Å².